The Kier molecular flexibility index (Phi) is 6.42. The molecule has 0 saturated heterocycles. The Labute approximate surface area is 138 Å². The van der Waals surface area contributed by atoms with Crippen molar-refractivity contribution in [1.29, 1.82) is 0 Å². The molecule has 2 N–H and O–H groups in total. The second-order valence-corrected chi connectivity index (χ2v) is 7.22. The fraction of sp³-hybridized carbons (Fsp3) is 0.467. The Balaban J connectivity index is 2.89. The Morgan fingerprint density at radius 1 is 1.17 bits per heavy atom. The number of carboxylic acid groups (broad SMARTS) is 1. The number of benzene rings is 1. The van der Waals surface area contributed by atoms with Gasteiger partial charge in [-0.1, -0.05) is 13.8 Å². The molecule has 0 unspecified atom stereocenters. The first kappa shape index (κ1) is 20.0. The number of alkyl halides is 2. The number of rotatable bonds is 8. The Morgan fingerprint density at radius 2 is 1.67 bits per heavy atom. The monoisotopic (exact) mass is 363 g/mol. The zero-order chi connectivity index (χ0) is 18.5. The van der Waals surface area contributed by atoms with E-state index in [2.05, 4.69) is 5.32 Å². The molecule has 0 heterocycles. The lowest BCUT2D eigenvalue weighted by molar-refractivity contribution is -0.149. The van der Waals surface area contributed by atoms with E-state index in [-0.39, 0.29) is 12.1 Å². The lowest BCUT2D eigenvalue weighted by Gasteiger charge is -2.26. The van der Waals surface area contributed by atoms with Crippen LogP contribution in [0.1, 0.15) is 37.0 Å². The summed E-state index contributed by atoms with van der Waals surface area (Å²) < 4.78 is 47.5. The van der Waals surface area contributed by atoms with Crippen molar-refractivity contribution in [2.45, 2.75) is 37.3 Å². The van der Waals surface area contributed by atoms with Gasteiger partial charge in [-0.2, -0.15) is 8.78 Å². The fourth-order valence-electron chi connectivity index (χ4n) is 2.13. The quantitative estimate of drug-likeness (QED) is 0.738. The van der Waals surface area contributed by atoms with Crippen LogP contribution in [0.2, 0.25) is 0 Å². The maximum absolute atomic E-state index is 12.4. The Morgan fingerprint density at radius 3 is 2.04 bits per heavy atom. The van der Waals surface area contributed by atoms with E-state index in [1.807, 2.05) is 0 Å². The number of amides is 1. The zero-order valence-corrected chi connectivity index (χ0v) is 14.1. The Bertz CT molecular complexity index is 697. The van der Waals surface area contributed by atoms with E-state index in [4.69, 9.17) is 0 Å². The number of halogens is 2. The normalized spacial score (nSPS) is 12.2. The molecule has 9 heteroatoms. The van der Waals surface area contributed by atoms with Gasteiger partial charge in [0.1, 0.15) is 0 Å². The summed E-state index contributed by atoms with van der Waals surface area (Å²) in [5.41, 5.74) is -1.04. The minimum Gasteiger partial charge on any atom is -0.481 e. The van der Waals surface area contributed by atoms with Gasteiger partial charge in [-0.3, -0.25) is 9.59 Å². The minimum absolute atomic E-state index is 0.0507. The van der Waals surface area contributed by atoms with Crippen molar-refractivity contribution in [3.05, 3.63) is 29.8 Å². The molecule has 0 aliphatic carbocycles. The third kappa shape index (κ3) is 4.08. The molecule has 24 heavy (non-hydrogen) atoms. The van der Waals surface area contributed by atoms with Crippen LogP contribution in [0.3, 0.4) is 0 Å². The maximum atomic E-state index is 12.4. The van der Waals surface area contributed by atoms with Gasteiger partial charge >= 0.3 is 11.7 Å². The van der Waals surface area contributed by atoms with E-state index in [9.17, 15) is 31.9 Å². The summed E-state index contributed by atoms with van der Waals surface area (Å²) in [6.07, 6.45) is 0.648. The molecule has 1 amide bonds. The molecule has 0 fully saturated rings. The first-order chi connectivity index (χ1) is 11.1. The standard InChI is InChI=1S/C15H19F2NO5S/c1-3-15(4-2,13(20)21)9-18-12(19)10-5-7-11(8-6-10)24(22,23)14(16)17/h5-8,14H,3-4,9H2,1-2H3,(H,18,19)(H,20,21). The van der Waals surface area contributed by atoms with Gasteiger partial charge in [-0.25, -0.2) is 8.42 Å². The largest absolute Gasteiger partial charge is 0.481 e. The molecule has 0 saturated carbocycles. The SMILES string of the molecule is CCC(CC)(CNC(=O)c1ccc(S(=O)(=O)C(F)F)cc1)C(=O)O. The van der Waals surface area contributed by atoms with Gasteiger partial charge in [0.25, 0.3) is 5.91 Å². The fourth-order valence-corrected chi connectivity index (χ4v) is 2.85. The van der Waals surface area contributed by atoms with Crippen molar-refractivity contribution in [2.24, 2.45) is 5.41 Å². The van der Waals surface area contributed by atoms with Crippen molar-refractivity contribution in [3.8, 4) is 0 Å². The second kappa shape index (κ2) is 7.69. The molecule has 0 spiro atoms. The van der Waals surface area contributed by atoms with Gasteiger partial charge < -0.3 is 10.4 Å². The summed E-state index contributed by atoms with van der Waals surface area (Å²) in [5, 5.41) is 11.8. The highest BCUT2D eigenvalue weighted by Crippen LogP contribution is 2.26. The van der Waals surface area contributed by atoms with Gasteiger partial charge in [0.05, 0.1) is 10.3 Å². The first-order valence-electron chi connectivity index (χ1n) is 7.24. The summed E-state index contributed by atoms with van der Waals surface area (Å²) in [4.78, 5) is 22.8. The maximum Gasteiger partial charge on any atom is 0.341 e. The van der Waals surface area contributed by atoms with Crippen LogP contribution in [0.15, 0.2) is 29.2 Å². The third-order valence-corrected chi connectivity index (χ3v) is 5.47. The molecule has 1 aromatic carbocycles. The molecule has 1 aromatic rings. The number of carbonyl (C=O) groups excluding carboxylic acids is 1. The highest BCUT2D eigenvalue weighted by molar-refractivity contribution is 7.91. The first-order valence-corrected chi connectivity index (χ1v) is 8.79. The van der Waals surface area contributed by atoms with Gasteiger partial charge in [0.2, 0.25) is 9.84 Å². The van der Waals surface area contributed by atoms with E-state index in [0.29, 0.717) is 12.8 Å². The smallest absolute Gasteiger partial charge is 0.341 e. The third-order valence-electron chi connectivity index (χ3n) is 4.07. The van der Waals surface area contributed by atoms with Crippen LogP contribution in [-0.2, 0) is 14.6 Å². The van der Waals surface area contributed by atoms with Gasteiger partial charge in [0.15, 0.2) is 0 Å². The van der Waals surface area contributed by atoms with Crippen molar-refractivity contribution in [1.82, 2.24) is 5.32 Å². The molecular weight excluding hydrogens is 344 g/mol. The molecule has 0 atom stereocenters. The topological polar surface area (TPSA) is 101 Å². The summed E-state index contributed by atoms with van der Waals surface area (Å²) in [6, 6.07) is 4.04. The summed E-state index contributed by atoms with van der Waals surface area (Å²) in [6.45, 7) is 3.31. The molecule has 134 valence electrons. The number of aliphatic carboxylic acids is 1. The predicted octanol–water partition coefficient (Wildman–Crippen LogP) is 2.30. The number of hydrogen-bond acceptors (Lipinski definition) is 4. The number of nitrogens with one attached hydrogen (secondary N) is 1. The highest BCUT2D eigenvalue weighted by atomic mass is 32.2. The van der Waals surface area contributed by atoms with E-state index < -0.39 is 37.8 Å². The van der Waals surface area contributed by atoms with Crippen LogP contribution < -0.4 is 5.32 Å². The molecule has 0 aromatic heterocycles. The average Bonchev–Trinajstić information content (AvgIpc) is 2.55. The molecular formula is C15H19F2NO5S. The number of hydrogen-bond donors (Lipinski definition) is 2. The predicted molar refractivity (Wildman–Crippen MR) is 82.6 cm³/mol. The van der Waals surface area contributed by atoms with Crippen LogP contribution in [0, 0.1) is 5.41 Å². The van der Waals surface area contributed by atoms with Crippen molar-refractivity contribution in [3.63, 3.8) is 0 Å². The molecule has 0 radical (unpaired) electrons. The van der Waals surface area contributed by atoms with Gasteiger partial charge in [-0.05, 0) is 37.1 Å². The molecule has 0 aliphatic rings. The van der Waals surface area contributed by atoms with E-state index in [1.165, 1.54) is 0 Å². The summed E-state index contributed by atoms with van der Waals surface area (Å²) in [7, 11) is -4.72. The van der Waals surface area contributed by atoms with Crippen LogP contribution in [-0.4, -0.2) is 37.7 Å². The van der Waals surface area contributed by atoms with E-state index in [0.717, 1.165) is 24.3 Å². The molecule has 6 nitrogen and oxygen atoms in total. The lowest BCUT2D eigenvalue weighted by Crippen LogP contribution is -2.42. The minimum atomic E-state index is -4.72. The number of carboxylic acids is 1. The van der Waals surface area contributed by atoms with Crippen molar-refractivity contribution in [2.75, 3.05) is 6.54 Å². The van der Waals surface area contributed by atoms with Crippen LogP contribution in [0.5, 0.6) is 0 Å². The lowest BCUT2D eigenvalue weighted by atomic mass is 9.82. The van der Waals surface area contributed by atoms with E-state index in [1.54, 1.807) is 13.8 Å². The molecule has 1 rings (SSSR count). The van der Waals surface area contributed by atoms with Gasteiger partial charge in [0, 0.05) is 12.1 Å². The molecule has 0 aliphatic heterocycles. The average molecular weight is 363 g/mol. The molecule has 0 bridgehead atoms. The number of carbonyl (C=O) groups is 2. The van der Waals surface area contributed by atoms with Crippen molar-refractivity contribution >= 4 is 21.7 Å². The summed E-state index contributed by atoms with van der Waals surface area (Å²) >= 11 is 0. The second-order valence-electron chi connectivity index (χ2n) is 5.31. The van der Waals surface area contributed by atoms with Crippen molar-refractivity contribution < 1.29 is 31.9 Å². The zero-order valence-electron chi connectivity index (χ0n) is 13.3. The van der Waals surface area contributed by atoms with Crippen LogP contribution in [0.4, 0.5) is 8.78 Å². The number of sulfone groups is 1. The van der Waals surface area contributed by atoms with Crippen LogP contribution in [0.25, 0.3) is 0 Å². The van der Waals surface area contributed by atoms with Crippen LogP contribution >= 0.6 is 0 Å². The summed E-state index contributed by atoms with van der Waals surface area (Å²) in [5.74, 6) is -5.17. The van der Waals surface area contributed by atoms with E-state index >= 15 is 0 Å². The highest BCUT2D eigenvalue weighted by Gasteiger charge is 2.35. The van der Waals surface area contributed by atoms with Gasteiger partial charge in [-0.15, -0.1) is 0 Å². The Hall–Kier alpha value is -2.03.